The number of benzene rings is 1. The second-order valence-corrected chi connectivity index (χ2v) is 5.20. The van der Waals surface area contributed by atoms with E-state index in [-0.39, 0.29) is 0 Å². The summed E-state index contributed by atoms with van der Waals surface area (Å²) in [5.41, 5.74) is 4.53. The van der Waals surface area contributed by atoms with Gasteiger partial charge in [-0.3, -0.25) is 4.68 Å². The van der Waals surface area contributed by atoms with Crippen LogP contribution in [-0.2, 0) is 13.6 Å². The first kappa shape index (κ1) is 12.4. The number of rotatable bonds is 2. The number of para-hydroxylation sites is 2. The fourth-order valence-electron chi connectivity index (χ4n) is 2.55. The van der Waals surface area contributed by atoms with Crippen LogP contribution in [0.3, 0.4) is 0 Å². The molecule has 2 heterocycles. The highest BCUT2D eigenvalue weighted by atomic mass is 35.5. The highest BCUT2D eigenvalue weighted by Gasteiger charge is 2.19. The summed E-state index contributed by atoms with van der Waals surface area (Å²) in [6.45, 7) is 4.74. The van der Waals surface area contributed by atoms with Gasteiger partial charge in [0, 0.05) is 32.2 Å². The summed E-state index contributed by atoms with van der Waals surface area (Å²) >= 11 is 6.32. The van der Waals surface area contributed by atoms with Gasteiger partial charge in [0.1, 0.15) is 5.15 Å². The van der Waals surface area contributed by atoms with E-state index in [9.17, 15) is 0 Å². The molecule has 0 saturated heterocycles. The van der Waals surface area contributed by atoms with Crippen LogP contribution in [0.15, 0.2) is 24.3 Å². The first-order valence-corrected chi connectivity index (χ1v) is 6.80. The molecule has 3 rings (SSSR count). The molecule has 0 radical (unpaired) electrons. The van der Waals surface area contributed by atoms with E-state index in [1.54, 1.807) is 4.68 Å². The highest BCUT2D eigenvalue weighted by Crippen LogP contribution is 2.31. The van der Waals surface area contributed by atoms with Gasteiger partial charge in [-0.2, -0.15) is 5.10 Å². The van der Waals surface area contributed by atoms with Gasteiger partial charge in [0.15, 0.2) is 0 Å². The maximum Gasteiger partial charge on any atom is 0.131 e. The molecule has 0 atom stereocenters. The molecule has 1 aromatic heterocycles. The number of aryl methyl sites for hydroxylation is 2. The fraction of sp³-hybridized carbons (Fsp3) is 0.357. The molecule has 0 spiro atoms. The van der Waals surface area contributed by atoms with E-state index in [0.717, 1.165) is 36.0 Å². The number of nitrogens with one attached hydrogen (secondary N) is 1. The van der Waals surface area contributed by atoms with Crippen molar-refractivity contribution in [1.82, 2.24) is 9.78 Å². The van der Waals surface area contributed by atoms with Crippen molar-refractivity contribution in [2.75, 3.05) is 23.3 Å². The molecule has 0 saturated carbocycles. The Balaban J connectivity index is 1.93. The van der Waals surface area contributed by atoms with Gasteiger partial charge in [0.05, 0.1) is 17.1 Å². The lowest BCUT2D eigenvalue weighted by atomic mass is 10.1. The lowest BCUT2D eigenvalue weighted by Gasteiger charge is -2.32. The van der Waals surface area contributed by atoms with E-state index in [1.165, 1.54) is 11.4 Å². The molecule has 5 heteroatoms. The van der Waals surface area contributed by atoms with Crippen LogP contribution >= 0.6 is 11.6 Å². The summed E-state index contributed by atoms with van der Waals surface area (Å²) in [6.07, 6.45) is 0. The van der Waals surface area contributed by atoms with Crippen molar-refractivity contribution >= 4 is 23.0 Å². The summed E-state index contributed by atoms with van der Waals surface area (Å²) in [6, 6.07) is 8.37. The van der Waals surface area contributed by atoms with E-state index >= 15 is 0 Å². The van der Waals surface area contributed by atoms with Crippen LogP contribution in [0, 0.1) is 6.92 Å². The highest BCUT2D eigenvalue weighted by molar-refractivity contribution is 6.30. The van der Waals surface area contributed by atoms with Gasteiger partial charge in [-0.05, 0) is 19.1 Å². The van der Waals surface area contributed by atoms with Gasteiger partial charge in [0.25, 0.3) is 0 Å². The van der Waals surface area contributed by atoms with Crippen LogP contribution in [0.2, 0.25) is 5.15 Å². The van der Waals surface area contributed by atoms with Crippen LogP contribution in [0.25, 0.3) is 0 Å². The molecule has 1 aliphatic heterocycles. The number of nitrogens with zero attached hydrogens (tertiary/aromatic N) is 3. The Labute approximate surface area is 118 Å². The number of halogens is 1. The molecule has 1 N–H and O–H groups in total. The van der Waals surface area contributed by atoms with Gasteiger partial charge >= 0.3 is 0 Å². The number of fused-ring (bicyclic) bond motifs is 1. The molecule has 1 aromatic carbocycles. The third kappa shape index (κ3) is 2.16. The van der Waals surface area contributed by atoms with Gasteiger partial charge in [-0.1, -0.05) is 23.7 Å². The summed E-state index contributed by atoms with van der Waals surface area (Å²) in [5, 5.41) is 8.52. The number of hydrogen-bond acceptors (Lipinski definition) is 3. The second-order valence-electron chi connectivity index (χ2n) is 4.84. The molecule has 1 aliphatic rings. The van der Waals surface area contributed by atoms with Crippen LogP contribution in [0.5, 0.6) is 0 Å². The van der Waals surface area contributed by atoms with Gasteiger partial charge < -0.3 is 10.2 Å². The minimum absolute atomic E-state index is 0.730. The van der Waals surface area contributed by atoms with Gasteiger partial charge in [0.2, 0.25) is 0 Å². The predicted octanol–water partition coefficient (Wildman–Crippen LogP) is 2.81. The van der Waals surface area contributed by atoms with Crippen molar-refractivity contribution in [1.29, 1.82) is 0 Å². The molecule has 100 valence electrons. The number of aromatic nitrogens is 2. The molecular formula is C14H17ClN4. The van der Waals surface area contributed by atoms with Crippen molar-refractivity contribution < 1.29 is 0 Å². The normalized spacial score (nSPS) is 14.2. The SMILES string of the molecule is Cc1nn(C)c(Cl)c1CN1CCNc2ccccc21. The first-order chi connectivity index (χ1) is 9.16. The Hall–Kier alpha value is -1.68. The number of hydrogen-bond donors (Lipinski definition) is 1. The van der Waals surface area contributed by atoms with Crippen LogP contribution in [0.1, 0.15) is 11.3 Å². The standard InChI is InChI=1S/C14H17ClN4/c1-10-11(14(15)18(2)17-10)9-19-8-7-16-12-5-3-4-6-13(12)19/h3-6,16H,7-9H2,1-2H3. The molecule has 0 unspecified atom stereocenters. The molecule has 19 heavy (non-hydrogen) atoms. The Bertz CT molecular complexity index is 605. The van der Waals surface area contributed by atoms with Gasteiger partial charge in [-0.25, -0.2) is 0 Å². The maximum absolute atomic E-state index is 6.32. The maximum atomic E-state index is 6.32. The zero-order valence-corrected chi connectivity index (χ0v) is 11.9. The van der Waals surface area contributed by atoms with E-state index in [4.69, 9.17) is 11.6 Å². The second kappa shape index (κ2) is 4.78. The average Bonchev–Trinajstić information content (AvgIpc) is 2.66. The lowest BCUT2D eigenvalue weighted by Crippen LogP contribution is -2.33. The molecule has 4 nitrogen and oxygen atoms in total. The van der Waals surface area contributed by atoms with Crippen molar-refractivity contribution in [2.45, 2.75) is 13.5 Å². The summed E-state index contributed by atoms with van der Waals surface area (Å²) < 4.78 is 1.74. The molecule has 0 bridgehead atoms. The first-order valence-electron chi connectivity index (χ1n) is 6.42. The minimum Gasteiger partial charge on any atom is -0.382 e. The number of anilines is 2. The quantitative estimate of drug-likeness (QED) is 0.916. The average molecular weight is 277 g/mol. The minimum atomic E-state index is 0.730. The van der Waals surface area contributed by atoms with Crippen molar-refractivity contribution in [2.24, 2.45) is 7.05 Å². The predicted molar refractivity (Wildman–Crippen MR) is 78.9 cm³/mol. The molecular weight excluding hydrogens is 260 g/mol. The Morgan fingerprint density at radius 2 is 2.16 bits per heavy atom. The van der Waals surface area contributed by atoms with Crippen molar-refractivity contribution in [3.63, 3.8) is 0 Å². The third-order valence-corrected chi connectivity index (χ3v) is 4.03. The smallest absolute Gasteiger partial charge is 0.131 e. The lowest BCUT2D eigenvalue weighted by molar-refractivity contribution is 0.756. The van der Waals surface area contributed by atoms with E-state index in [0.29, 0.717) is 0 Å². The van der Waals surface area contributed by atoms with Crippen LogP contribution < -0.4 is 10.2 Å². The Morgan fingerprint density at radius 3 is 2.89 bits per heavy atom. The van der Waals surface area contributed by atoms with E-state index < -0.39 is 0 Å². The van der Waals surface area contributed by atoms with Gasteiger partial charge in [-0.15, -0.1) is 0 Å². The summed E-state index contributed by atoms with van der Waals surface area (Å²) in [7, 11) is 1.88. The molecule has 0 fully saturated rings. The van der Waals surface area contributed by atoms with Crippen LogP contribution in [-0.4, -0.2) is 22.9 Å². The molecule has 0 aliphatic carbocycles. The van der Waals surface area contributed by atoms with E-state index in [1.807, 2.05) is 14.0 Å². The van der Waals surface area contributed by atoms with E-state index in [2.05, 4.69) is 39.6 Å². The fourth-order valence-corrected chi connectivity index (χ4v) is 2.79. The Morgan fingerprint density at radius 1 is 1.37 bits per heavy atom. The zero-order valence-electron chi connectivity index (χ0n) is 11.2. The van der Waals surface area contributed by atoms with Crippen LogP contribution in [0.4, 0.5) is 11.4 Å². The Kier molecular flexibility index (Phi) is 3.11. The third-order valence-electron chi connectivity index (χ3n) is 3.56. The summed E-state index contributed by atoms with van der Waals surface area (Å²) in [5.74, 6) is 0. The largest absolute Gasteiger partial charge is 0.382 e. The molecule has 0 amide bonds. The topological polar surface area (TPSA) is 33.1 Å². The van der Waals surface area contributed by atoms with Crippen molar-refractivity contribution in [3.05, 3.63) is 40.7 Å². The zero-order chi connectivity index (χ0) is 13.4. The monoisotopic (exact) mass is 276 g/mol. The summed E-state index contributed by atoms with van der Waals surface area (Å²) in [4.78, 5) is 2.35. The molecule has 2 aromatic rings. The van der Waals surface area contributed by atoms with Crippen molar-refractivity contribution in [3.8, 4) is 0 Å².